The molecule has 0 spiro atoms. The van der Waals surface area contributed by atoms with E-state index in [0.717, 1.165) is 32.0 Å². The van der Waals surface area contributed by atoms with Gasteiger partial charge < -0.3 is 10.1 Å². The number of rotatable bonds is 5. The molecule has 1 atom stereocenters. The van der Waals surface area contributed by atoms with Gasteiger partial charge in [0.15, 0.2) is 0 Å². The van der Waals surface area contributed by atoms with Crippen LogP contribution in [0.1, 0.15) is 19.3 Å². The van der Waals surface area contributed by atoms with Crippen LogP contribution in [-0.2, 0) is 0 Å². The number of halogens is 2. The van der Waals surface area contributed by atoms with Gasteiger partial charge in [-0.3, -0.25) is 10.1 Å². The first-order valence-electron chi connectivity index (χ1n) is 6.55. The van der Waals surface area contributed by atoms with Crippen LogP contribution >= 0.6 is 0 Å². The summed E-state index contributed by atoms with van der Waals surface area (Å²) in [5.74, 6) is -2.02. The Hall–Kier alpha value is -1.76. The van der Waals surface area contributed by atoms with E-state index in [-0.39, 0.29) is 12.4 Å². The van der Waals surface area contributed by atoms with Gasteiger partial charge in [0.2, 0.25) is 11.6 Å². The number of hydrogen-bond acceptors (Lipinski definition) is 4. The van der Waals surface area contributed by atoms with E-state index in [2.05, 4.69) is 5.32 Å². The number of benzene rings is 1. The average Bonchev–Trinajstić information content (AvgIpc) is 2.38. The lowest BCUT2D eigenvalue weighted by Gasteiger charge is -2.22. The Morgan fingerprint density at radius 2 is 2.25 bits per heavy atom. The molecule has 0 aromatic heterocycles. The van der Waals surface area contributed by atoms with Crippen LogP contribution in [-0.4, -0.2) is 24.6 Å². The summed E-state index contributed by atoms with van der Waals surface area (Å²) < 4.78 is 31.7. The van der Waals surface area contributed by atoms with Crippen molar-refractivity contribution in [1.82, 2.24) is 5.32 Å². The quantitative estimate of drug-likeness (QED) is 0.667. The van der Waals surface area contributed by atoms with Crippen LogP contribution in [0.4, 0.5) is 14.5 Å². The molecular weight excluding hydrogens is 270 g/mol. The van der Waals surface area contributed by atoms with Crippen molar-refractivity contribution in [2.24, 2.45) is 5.92 Å². The zero-order valence-corrected chi connectivity index (χ0v) is 10.9. The van der Waals surface area contributed by atoms with Gasteiger partial charge in [0.25, 0.3) is 0 Å². The fourth-order valence-corrected chi connectivity index (χ4v) is 2.34. The lowest BCUT2D eigenvalue weighted by atomic mass is 9.97. The first-order chi connectivity index (χ1) is 9.58. The van der Waals surface area contributed by atoms with Crippen molar-refractivity contribution in [3.05, 3.63) is 33.9 Å². The van der Waals surface area contributed by atoms with Crippen LogP contribution in [0.5, 0.6) is 5.75 Å². The van der Waals surface area contributed by atoms with E-state index in [1.165, 1.54) is 0 Å². The molecule has 0 aliphatic carbocycles. The van der Waals surface area contributed by atoms with E-state index < -0.39 is 22.2 Å². The molecule has 0 bridgehead atoms. The number of nitro groups is 1. The smallest absolute Gasteiger partial charge is 0.346 e. The van der Waals surface area contributed by atoms with Crippen molar-refractivity contribution in [3.8, 4) is 5.75 Å². The number of hydrogen-bond donors (Lipinski definition) is 1. The molecule has 0 amide bonds. The molecule has 0 saturated carbocycles. The summed E-state index contributed by atoms with van der Waals surface area (Å²) in [4.78, 5) is 9.88. The van der Waals surface area contributed by atoms with Crippen molar-refractivity contribution < 1.29 is 18.4 Å². The van der Waals surface area contributed by atoms with Crippen LogP contribution in [0.3, 0.4) is 0 Å². The third-order valence-corrected chi connectivity index (χ3v) is 3.36. The molecule has 20 heavy (non-hydrogen) atoms. The first kappa shape index (κ1) is 14.6. The zero-order valence-electron chi connectivity index (χ0n) is 10.9. The lowest BCUT2D eigenvalue weighted by Crippen LogP contribution is -2.30. The molecule has 1 heterocycles. The predicted octanol–water partition coefficient (Wildman–Crippen LogP) is 2.64. The van der Waals surface area contributed by atoms with E-state index >= 15 is 0 Å². The van der Waals surface area contributed by atoms with E-state index in [4.69, 9.17) is 4.74 Å². The SMILES string of the molecule is O=[N+]([O-])c1c(F)cc(F)cc1OCCC1CCCNC1. The van der Waals surface area contributed by atoms with Crippen molar-refractivity contribution in [1.29, 1.82) is 0 Å². The molecule has 5 nitrogen and oxygen atoms in total. The summed E-state index contributed by atoms with van der Waals surface area (Å²) in [7, 11) is 0. The lowest BCUT2D eigenvalue weighted by molar-refractivity contribution is -0.388. The molecule has 0 radical (unpaired) electrons. The molecule has 1 aliphatic heterocycles. The number of ether oxygens (including phenoxy) is 1. The summed E-state index contributed by atoms with van der Waals surface area (Å²) >= 11 is 0. The standard InChI is InChI=1S/C13H16F2N2O3/c14-10-6-11(15)13(17(18)19)12(7-10)20-5-3-9-2-1-4-16-8-9/h6-7,9,16H,1-5,8H2. The summed E-state index contributed by atoms with van der Waals surface area (Å²) in [6.07, 6.45) is 2.84. The van der Waals surface area contributed by atoms with Gasteiger partial charge in [0, 0.05) is 12.1 Å². The second-order valence-corrected chi connectivity index (χ2v) is 4.84. The highest BCUT2D eigenvalue weighted by Gasteiger charge is 2.23. The maximum Gasteiger partial charge on any atom is 0.346 e. The van der Waals surface area contributed by atoms with Gasteiger partial charge >= 0.3 is 5.69 Å². The summed E-state index contributed by atoms with van der Waals surface area (Å²) in [6, 6.07) is 1.33. The second-order valence-electron chi connectivity index (χ2n) is 4.84. The Balaban J connectivity index is 1.99. The minimum Gasteiger partial charge on any atom is -0.487 e. The minimum atomic E-state index is -1.22. The van der Waals surface area contributed by atoms with Crippen molar-refractivity contribution in [2.45, 2.75) is 19.3 Å². The number of piperidine rings is 1. The third kappa shape index (κ3) is 3.63. The zero-order chi connectivity index (χ0) is 14.5. The van der Waals surface area contributed by atoms with E-state index in [9.17, 15) is 18.9 Å². The Bertz CT molecular complexity index is 491. The summed E-state index contributed by atoms with van der Waals surface area (Å²) in [5.41, 5.74) is -0.812. The van der Waals surface area contributed by atoms with Crippen LogP contribution in [0.25, 0.3) is 0 Å². The monoisotopic (exact) mass is 286 g/mol. The van der Waals surface area contributed by atoms with Crippen molar-refractivity contribution in [2.75, 3.05) is 19.7 Å². The molecule has 1 aliphatic rings. The van der Waals surface area contributed by atoms with Gasteiger partial charge in [-0.15, -0.1) is 0 Å². The Morgan fingerprint density at radius 3 is 2.90 bits per heavy atom. The van der Waals surface area contributed by atoms with Crippen molar-refractivity contribution >= 4 is 5.69 Å². The fourth-order valence-electron chi connectivity index (χ4n) is 2.34. The van der Waals surface area contributed by atoms with Gasteiger partial charge in [-0.1, -0.05) is 0 Å². The first-order valence-corrected chi connectivity index (χ1v) is 6.55. The molecule has 1 aromatic carbocycles. The van der Waals surface area contributed by atoms with E-state index in [0.29, 0.717) is 18.4 Å². The number of nitrogens with one attached hydrogen (secondary N) is 1. The Labute approximate surface area is 115 Å². The van der Waals surface area contributed by atoms with Crippen LogP contribution in [0.2, 0.25) is 0 Å². The topological polar surface area (TPSA) is 64.4 Å². The molecule has 1 aromatic rings. The Morgan fingerprint density at radius 1 is 1.45 bits per heavy atom. The average molecular weight is 286 g/mol. The van der Waals surface area contributed by atoms with Gasteiger partial charge in [0.1, 0.15) is 5.82 Å². The molecular formula is C13H16F2N2O3. The van der Waals surface area contributed by atoms with Gasteiger partial charge in [-0.05, 0) is 38.3 Å². The highest BCUT2D eigenvalue weighted by molar-refractivity contribution is 5.47. The highest BCUT2D eigenvalue weighted by Crippen LogP contribution is 2.31. The second kappa shape index (κ2) is 6.60. The van der Waals surface area contributed by atoms with Crippen molar-refractivity contribution in [3.63, 3.8) is 0 Å². The molecule has 2 rings (SSSR count). The molecule has 1 saturated heterocycles. The number of nitro benzene ring substituents is 1. The number of nitrogens with zero attached hydrogens (tertiary/aromatic N) is 1. The molecule has 1 fully saturated rings. The summed E-state index contributed by atoms with van der Waals surface area (Å²) in [6.45, 7) is 2.08. The van der Waals surface area contributed by atoms with E-state index in [1.807, 2.05) is 0 Å². The maximum absolute atomic E-state index is 13.4. The predicted molar refractivity (Wildman–Crippen MR) is 68.7 cm³/mol. The minimum absolute atomic E-state index is 0.204. The largest absolute Gasteiger partial charge is 0.487 e. The van der Waals surface area contributed by atoms with Gasteiger partial charge in [-0.2, -0.15) is 4.39 Å². The molecule has 1 unspecified atom stereocenters. The van der Waals surface area contributed by atoms with Crippen LogP contribution in [0, 0.1) is 27.7 Å². The third-order valence-electron chi connectivity index (χ3n) is 3.36. The fraction of sp³-hybridized carbons (Fsp3) is 0.538. The normalized spacial score (nSPS) is 18.8. The molecule has 1 N–H and O–H groups in total. The van der Waals surface area contributed by atoms with Gasteiger partial charge in [0.05, 0.1) is 11.5 Å². The highest BCUT2D eigenvalue weighted by atomic mass is 19.1. The van der Waals surface area contributed by atoms with Crippen LogP contribution < -0.4 is 10.1 Å². The molecule has 110 valence electrons. The van der Waals surface area contributed by atoms with E-state index in [1.54, 1.807) is 0 Å². The maximum atomic E-state index is 13.4. The van der Waals surface area contributed by atoms with Crippen LogP contribution in [0.15, 0.2) is 12.1 Å². The molecule has 7 heteroatoms. The van der Waals surface area contributed by atoms with Gasteiger partial charge in [-0.25, -0.2) is 4.39 Å². The Kier molecular flexibility index (Phi) is 4.84. The summed E-state index contributed by atoms with van der Waals surface area (Å²) in [5, 5.41) is 14.0.